The molecule has 2 saturated heterocycles. The van der Waals surface area contributed by atoms with Gasteiger partial charge in [-0.1, -0.05) is 6.92 Å². The van der Waals surface area contributed by atoms with E-state index < -0.39 is 8.53 Å². The van der Waals surface area contributed by atoms with Gasteiger partial charge in [0.15, 0.2) is 0 Å². The van der Waals surface area contributed by atoms with Gasteiger partial charge in [0, 0.05) is 19.7 Å². The van der Waals surface area contributed by atoms with E-state index in [1.807, 2.05) is 0 Å². The standard InChI is InChI=1S/C8H16NO2P/c1-3-8-7-5-4-6-9(7)12(10-2)11-8/h7-8H,3-6H2,1-2H3/t7-,8+,12-/m0/s1. The van der Waals surface area contributed by atoms with Crippen LogP contribution in [0, 0.1) is 0 Å². The molecule has 12 heavy (non-hydrogen) atoms. The van der Waals surface area contributed by atoms with E-state index in [2.05, 4.69) is 11.6 Å². The third-order valence-corrected chi connectivity index (χ3v) is 4.37. The van der Waals surface area contributed by atoms with E-state index in [0.717, 1.165) is 6.42 Å². The lowest BCUT2D eigenvalue weighted by Gasteiger charge is -2.17. The third kappa shape index (κ3) is 1.29. The Hall–Kier alpha value is 0.310. The molecule has 3 atom stereocenters. The van der Waals surface area contributed by atoms with Crippen molar-refractivity contribution >= 4 is 8.53 Å². The van der Waals surface area contributed by atoms with Crippen LogP contribution in [0.15, 0.2) is 0 Å². The van der Waals surface area contributed by atoms with Gasteiger partial charge in [-0.15, -0.1) is 0 Å². The number of fused-ring (bicyclic) bond motifs is 1. The molecule has 4 heteroatoms. The molecule has 0 bridgehead atoms. The van der Waals surface area contributed by atoms with Crippen LogP contribution in [0.4, 0.5) is 0 Å². The summed E-state index contributed by atoms with van der Waals surface area (Å²) in [5, 5.41) is 0. The summed E-state index contributed by atoms with van der Waals surface area (Å²) < 4.78 is 13.5. The maximum atomic E-state index is 5.80. The number of rotatable bonds is 2. The summed E-state index contributed by atoms with van der Waals surface area (Å²) in [5.41, 5.74) is 0. The predicted octanol–water partition coefficient (Wildman–Crippen LogP) is 2.13. The Morgan fingerprint density at radius 1 is 1.67 bits per heavy atom. The normalized spacial score (nSPS) is 42.0. The fourth-order valence-corrected chi connectivity index (χ4v) is 3.85. The van der Waals surface area contributed by atoms with Crippen LogP contribution in [-0.4, -0.2) is 30.5 Å². The Labute approximate surface area is 75.0 Å². The highest BCUT2D eigenvalue weighted by Gasteiger charge is 2.45. The van der Waals surface area contributed by atoms with Crippen molar-refractivity contribution in [3.63, 3.8) is 0 Å². The highest BCUT2D eigenvalue weighted by atomic mass is 31.2. The summed E-state index contributed by atoms with van der Waals surface area (Å²) in [7, 11) is 1.05. The molecule has 3 nitrogen and oxygen atoms in total. The van der Waals surface area contributed by atoms with E-state index in [-0.39, 0.29) is 0 Å². The molecule has 0 spiro atoms. The van der Waals surface area contributed by atoms with Gasteiger partial charge < -0.3 is 9.05 Å². The zero-order valence-corrected chi connectivity index (χ0v) is 8.59. The lowest BCUT2D eigenvalue weighted by molar-refractivity contribution is 0.192. The molecule has 0 N–H and O–H groups in total. The molecule has 0 aromatic carbocycles. The zero-order chi connectivity index (χ0) is 8.55. The molecular formula is C8H16NO2P. The lowest BCUT2D eigenvalue weighted by atomic mass is 10.1. The number of nitrogens with zero attached hydrogens (tertiary/aromatic N) is 1. The van der Waals surface area contributed by atoms with Crippen LogP contribution in [0.2, 0.25) is 0 Å². The van der Waals surface area contributed by atoms with E-state index >= 15 is 0 Å². The van der Waals surface area contributed by atoms with Gasteiger partial charge in [-0.05, 0) is 19.3 Å². The Morgan fingerprint density at radius 3 is 3.17 bits per heavy atom. The molecule has 0 aliphatic carbocycles. The van der Waals surface area contributed by atoms with Crippen LogP contribution in [0.5, 0.6) is 0 Å². The Morgan fingerprint density at radius 2 is 2.50 bits per heavy atom. The van der Waals surface area contributed by atoms with Crippen molar-refractivity contribution in [3.05, 3.63) is 0 Å². The molecule has 2 aliphatic heterocycles. The largest absolute Gasteiger partial charge is 0.325 e. The first-order valence-electron chi connectivity index (χ1n) is 4.64. The van der Waals surface area contributed by atoms with Crippen molar-refractivity contribution in [2.75, 3.05) is 13.7 Å². The first kappa shape index (κ1) is 8.89. The molecule has 2 fully saturated rings. The summed E-state index contributed by atoms with van der Waals surface area (Å²) >= 11 is 0. The monoisotopic (exact) mass is 189 g/mol. The highest BCUT2D eigenvalue weighted by Crippen LogP contribution is 2.55. The van der Waals surface area contributed by atoms with Crippen LogP contribution < -0.4 is 0 Å². The van der Waals surface area contributed by atoms with E-state index in [9.17, 15) is 0 Å². The van der Waals surface area contributed by atoms with Crippen molar-refractivity contribution < 1.29 is 9.05 Å². The fourth-order valence-electron chi connectivity index (χ4n) is 2.10. The average molecular weight is 189 g/mol. The van der Waals surface area contributed by atoms with E-state index in [4.69, 9.17) is 9.05 Å². The van der Waals surface area contributed by atoms with Crippen molar-refractivity contribution in [3.8, 4) is 0 Å². The maximum absolute atomic E-state index is 5.80. The van der Waals surface area contributed by atoms with Crippen molar-refractivity contribution in [1.29, 1.82) is 0 Å². The zero-order valence-electron chi connectivity index (χ0n) is 7.69. The van der Waals surface area contributed by atoms with Crippen molar-refractivity contribution in [1.82, 2.24) is 4.67 Å². The molecule has 2 aliphatic rings. The minimum absolute atomic E-state index is 0.429. The summed E-state index contributed by atoms with van der Waals surface area (Å²) in [6, 6.07) is 0.654. The minimum Gasteiger partial charge on any atom is -0.325 e. The van der Waals surface area contributed by atoms with Crippen molar-refractivity contribution in [2.45, 2.75) is 38.3 Å². The molecule has 2 rings (SSSR count). The second-order valence-corrected chi connectivity index (χ2v) is 4.91. The van der Waals surface area contributed by atoms with Crippen LogP contribution in [-0.2, 0) is 9.05 Å². The number of hydrogen-bond donors (Lipinski definition) is 0. The highest BCUT2D eigenvalue weighted by molar-refractivity contribution is 7.44. The van der Waals surface area contributed by atoms with Crippen LogP contribution in [0.3, 0.4) is 0 Å². The predicted molar refractivity (Wildman–Crippen MR) is 48.8 cm³/mol. The molecule has 0 aromatic rings. The molecule has 0 saturated carbocycles. The Bertz CT molecular complexity index is 151. The molecule has 2 heterocycles. The molecule has 0 radical (unpaired) electrons. The Balaban J connectivity index is 2.05. The molecular weight excluding hydrogens is 173 g/mol. The summed E-state index contributed by atoms with van der Waals surface area (Å²) in [6.45, 7) is 3.36. The topological polar surface area (TPSA) is 21.7 Å². The van der Waals surface area contributed by atoms with Gasteiger partial charge in [-0.25, -0.2) is 4.67 Å². The molecule has 70 valence electrons. The summed E-state index contributed by atoms with van der Waals surface area (Å²) in [6.07, 6.45) is 4.15. The first-order valence-corrected chi connectivity index (χ1v) is 5.77. The van der Waals surface area contributed by atoms with Crippen molar-refractivity contribution in [2.24, 2.45) is 0 Å². The van der Waals surface area contributed by atoms with Gasteiger partial charge in [0.2, 0.25) is 0 Å². The second kappa shape index (κ2) is 3.59. The van der Waals surface area contributed by atoms with Gasteiger partial charge in [-0.2, -0.15) is 0 Å². The molecule has 0 unspecified atom stereocenters. The minimum atomic E-state index is -0.695. The molecule has 0 amide bonds. The van der Waals surface area contributed by atoms with Crippen LogP contribution in [0.25, 0.3) is 0 Å². The molecule has 0 aromatic heterocycles. The lowest BCUT2D eigenvalue weighted by Crippen LogP contribution is -2.27. The summed E-state index contributed by atoms with van der Waals surface area (Å²) in [5.74, 6) is 0. The van der Waals surface area contributed by atoms with Gasteiger partial charge in [0.25, 0.3) is 8.53 Å². The second-order valence-electron chi connectivity index (χ2n) is 3.35. The first-order chi connectivity index (χ1) is 5.86. The van der Waals surface area contributed by atoms with E-state index in [1.165, 1.54) is 19.4 Å². The maximum Gasteiger partial charge on any atom is 0.259 e. The van der Waals surface area contributed by atoms with E-state index in [0.29, 0.717) is 12.1 Å². The van der Waals surface area contributed by atoms with E-state index in [1.54, 1.807) is 7.11 Å². The van der Waals surface area contributed by atoms with Gasteiger partial charge in [0.05, 0.1) is 6.10 Å². The van der Waals surface area contributed by atoms with Gasteiger partial charge >= 0.3 is 0 Å². The van der Waals surface area contributed by atoms with Crippen LogP contribution >= 0.6 is 8.53 Å². The quantitative estimate of drug-likeness (QED) is 0.621. The fraction of sp³-hybridized carbons (Fsp3) is 1.00. The van der Waals surface area contributed by atoms with Gasteiger partial charge in [-0.3, -0.25) is 0 Å². The van der Waals surface area contributed by atoms with Gasteiger partial charge in [0.1, 0.15) is 0 Å². The Kier molecular flexibility index (Phi) is 2.66. The number of hydrogen-bond acceptors (Lipinski definition) is 3. The summed E-state index contributed by atoms with van der Waals surface area (Å²) in [4.78, 5) is 0. The van der Waals surface area contributed by atoms with Crippen LogP contribution in [0.1, 0.15) is 26.2 Å². The SMILES string of the molecule is CC[C@H]1O[P@](OC)N2CCC[C@@H]12. The smallest absolute Gasteiger partial charge is 0.259 e. The average Bonchev–Trinajstić information content (AvgIpc) is 2.63. The third-order valence-electron chi connectivity index (χ3n) is 2.69.